The number of nitrogens with two attached hydrogens (primary N) is 2. The van der Waals surface area contributed by atoms with Crippen LogP contribution in [0.3, 0.4) is 0 Å². The largest absolute Gasteiger partial charge is 0.481 e. The SMILES string of the molecule is NCCNCCNCCN.O.O=C(O)CCC(=O)O.O=C(O)CCC(=O)O. The second-order valence-electron chi connectivity index (χ2n) is 4.65. The maximum Gasteiger partial charge on any atom is 0.303 e. The van der Waals surface area contributed by atoms with E-state index in [9.17, 15) is 19.2 Å². The summed E-state index contributed by atoms with van der Waals surface area (Å²) in [5.41, 5.74) is 10.5. The van der Waals surface area contributed by atoms with E-state index in [4.69, 9.17) is 31.9 Å². The first-order valence-electron chi connectivity index (χ1n) is 7.86. The van der Waals surface area contributed by atoms with E-state index in [0.29, 0.717) is 13.1 Å². The second kappa shape index (κ2) is 25.9. The quantitative estimate of drug-likeness (QED) is 0.145. The number of aliphatic carboxylic acids is 4. The predicted octanol–water partition coefficient (Wildman–Crippen LogP) is -2.87. The summed E-state index contributed by atoms with van der Waals surface area (Å²) in [6.45, 7) is 5.14. The van der Waals surface area contributed by atoms with Crippen molar-refractivity contribution in [3.05, 3.63) is 0 Å². The molecule has 0 amide bonds. The molecule has 0 radical (unpaired) electrons. The molecule has 0 unspecified atom stereocenters. The summed E-state index contributed by atoms with van der Waals surface area (Å²) in [7, 11) is 0. The lowest BCUT2D eigenvalue weighted by atomic mass is 10.3. The third kappa shape index (κ3) is 51.6. The molecule has 13 heteroatoms. The van der Waals surface area contributed by atoms with Gasteiger partial charge in [-0.2, -0.15) is 0 Å². The monoisotopic (exact) mass is 400 g/mol. The summed E-state index contributed by atoms with van der Waals surface area (Å²) in [5.74, 6) is -4.31. The first-order chi connectivity index (χ1) is 12.2. The van der Waals surface area contributed by atoms with Crippen LogP contribution in [0.25, 0.3) is 0 Å². The molecule has 0 aliphatic rings. The highest BCUT2D eigenvalue weighted by Crippen LogP contribution is 1.86. The topological polar surface area (TPSA) is 257 Å². The Balaban J connectivity index is -0.000000146. The molecule has 0 heterocycles. The van der Waals surface area contributed by atoms with E-state index in [1.807, 2.05) is 0 Å². The van der Waals surface area contributed by atoms with E-state index < -0.39 is 23.9 Å². The minimum absolute atomic E-state index is 0. The van der Waals surface area contributed by atoms with Gasteiger partial charge in [0.1, 0.15) is 0 Å². The van der Waals surface area contributed by atoms with Crippen LogP contribution < -0.4 is 22.1 Å². The van der Waals surface area contributed by atoms with Crippen molar-refractivity contribution in [1.29, 1.82) is 0 Å². The summed E-state index contributed by atoms with van der Waals surface area (Å²) >= 11 is 0. The van der Waals surface area contributed by atoms with Crippen LogP contribution in [0.1, 0.15) is 25.7 Å². The lowest BCUT2D eigenvalue weighted by Crippen LogP contribution is -2.32. The van der Waals surface area contributed by atoms with E-state index in [1.165, 1.54) is 0 Å². The molecule has 0 aromatic heterocycles. The highest BCUT2D eigenvalue weighted by atomic mass is 16.4. The zero-order chi connectivity index (χ0) is 20.8. The normalized spacial score (nSPS) is 8.81. The van der Waals surface area contributed by atoms with Gasteiger partial charge in [-0.1, -0.05) is 0 Å². The number of nitrogens with one attached hydrogen (secondary N) is 2. The molecule has 0 fully saturated rings. The van der Waals surface area contributed by atoms with Gasteiger partial charge >= 0.3 is 23.9 Å². The molecular formula is C14H32N4O9. The molecule has 162 valence electrons. The van der Waals surface area contributed by atoms with Gasteiger partial charge < -0.3 is 48.0 Å². The Hall–Kier alpha value is -2.32. The van der Waals surface area contributed by atoms with Gasteiger partial charge in [0.2, 0.25) is 0 Å². The first kappa shape index (κ1) is 32.4. The van der Waals surface area contributed by atoms with E-state index in [-0.39, 0.29) is 31.2 Å². The zero-order valence-corrected chi connectivity index (χ0v) is 15.1. The molecule has 27 heavy (non-hydrogen) atoms. The fourth-order valence-corrected chi connectivity index (χ4v) is 1.06. The minimum Gasteiger partial charge on any atom is -0.481 e. The van der Waals surface area contributed by atoms with Crippen LogP contribution >= 0.6 is 0 Å². The van der Waals surface area contributed by atoms with Crippen LogP contribution in [0.5, 0.6) is 0 Å². The van der Waals surface area contributed by atoms with Crippen LogP contribution in [0.2, 0.25) is 0 Å². The smallest absolute Gasteiger partial charge is 0.303 e. The molecule has 0 aliphatic heterocycles. The van der Waals surface area contributed by atoms with Crippen LogP contribution in [0, 0.1) is 0 Å². The lowest BCUT2D eigenvalue weighted by molar-refractivity contribution is -0.143. The summed E-state index contributed by atoms with van der Waals surface area (Å²) < 4.78 is 0. The van der Waals surface area contributed by atoms with Crippen molar-refractivity contribution in [2.24, 2.45) is 11.5 Å². The average Bonchev–Trinajstić information content (AvgIpc) is 2.55. The summed E-state index contributed by atoms with van der Waals surface area (Å²) in [6, 6.07) is 0. The van der Waals surface area contributed by atoms with Gasteiger partial charge in [0.05, 0.1) is 25.7 Å². The van der Waals surface area contributed by atoms with Crippen molar-refractivity contribution in [2.45, 2.75) is 25.7 Å². The predicted molar refractivity (Wildman–Crippen MR) is 96.5 cm³/mol. The van der Waals surface area contributed by atoms with Gasteiger partial charge in [0.25, 0.3) is 0 Å². The zero-order valence-electron chi connectivity index (χ0n) is 15.1. The standard InChI is InChI=1S/C6H18N4.2C4H6O4.H2O/c7-1-3-9-5-6-10-4-2-8;2*5-3(6)1-2-4(7)8;/h9-10H,1-8H2;2*1-2H2,(H,5,6)(H,7,8);1H2. The highest BCUT2D eigenvalue weighted by molar-refractivity contribution is 5.75. The molecule has 0 saturated heterocycles. The van der Waals surface area contributed by atoms with Crippen LogP contribution in [0.4, 0.5) is 0 Å². The number of carbonyl (C=O) groups is 4. The number of carboxylic acid groups (broad SMARTS) is 4. The van der Waals surface area contributed by atoms with Crippen molar-refractivity contribution in [3.63, 3.8) is 0 Å². The molecule has 0 saturated carbocycles. The highest BCUT2D eigenvalue weighted by Gasteiger charge is 2.01. The molecule has 0 aromatic carbocycles. The third-order valence-electron chi connectivity index (χ3n) is 2.23. The Kier molecular flexibility index (Phi) is 31.1. The van der Waals surface area contributed by atoms with E-state index in [1.54, 1.807) is 0 Å². The van der Waals surface area contributed by atoms with E-state index in [0.717, 1.165) is 26.2 Å². The molecule has 12 N–H and O–H groups in total. The number of hydrogen-bond donors (Lipinski definition) is 8. The van der Waals surface area contributed by atoms with E-state index >= 15 is 0 Å². The Labute approximate surface area is 157 Å². The van der Waals surface area contributed by atoms with Crippen molar-refractivity contribution >= 4 is 23.9 Å². The molecule has 0 rings (SSSR count). The van der Waals surface area contributed by atoms with Crippen molar-refractivity contribution in [1.82, 2.24) is 10.6 Å². The van der Waals surface area contributed by atoms with Gasteiger partial charge in [0.15, 0.2) is 0 Å². The Morgan fingerprint density at radius 1 is 0.556 bits per heavy atom. The van der Waals surface area contributed by atoms with E-state index in [2.05, 4.69) is 10.6 Å². The summed E-state index contributed by atoms with van der Waals surface area (Å²) in [4.78, 5) is 38.6. The molecule has 0 aliphatic carbocycles. The average molecular weight is 400 g/mol. The molecule has 13 nitrogen and oxygen atoms in total. The lowest BCUT2D eigenvalue weighted by Gasteiger charge is -2.03. The fraction of sp³-hybridized carbons (Fsp3) is 0.714. The Morgan fingerprint density at radius 3 is 0.926 bits per heavy atom. The van der Waals surface area contributed by atoms with Crippen molar-refractivity contribution < 1.29 is 45.1 Å². The van der Waals surface area contributed by atoms with Gasteiger partial charge in [-0.25, -0.2) is 0 Å². The summed E-state index contributed by atoms with van der Waals surface area (Å²) in [6.07, 6.45) is -1.19. The maximum atomic E-state index is 9.64. The molecule has 0 spiro atoms. The minimum atomic E-state index is -1.08. The van der Waals surface area contributed by atoms with Crippen LogP contribution in [-0.2, 0) is 19.2 Å². The molecule has 0 aromatic rings. The maximum absolute atomic E-state index is 9.64. The number of carboxylic acids is 4. The Morgan fingerprint density at radius 2 is 0.778 bits per heavy atom. The fourth-order valence-electron chi connectivity index (χ4n) is 1.06. The van der Waals surface area contributed by atoms with Crippen molar-refractivity contribution in [2.75, 3.05) is 39.3 Å². The van der Waals surface area contributed by atoms with Gasteiger partial charge in [-0.05, 0) is 0 Å². The van der Waals surface area contributed by atoms with Gasteiger partial charge in [-0.15, -0.1) is 0 Å². The second-order valence-corrected chi connectivity index (χ2v) is 4.65. The van der Waals surface area contributed by atoms with Crippen LogP contribution in [-0.4, -0.2) is 89.0 Å². The first-order valence-corrected chi connectivity index (χ1v) is 7.86. The molecule has 0 bridgehead atoms. The van der Waals surface area contributed by atoms with Gasteiger partial charge in [0, 0.05) is 39.3 Å². The molecule has 0 atom stereocenters. The molecular weight excluding hydrogens is 368 g/mol. The van der Waals surface area contributed by atoms with Crippen molar-refractivity contribution in [3.8, 4) is 0 Å². The van der Waals surface area contributed by atoms with Crippen LogP contribution in [0.15, 0.2) is 0 Å². The third-order valence-corrected chi connectivity index (χ3v) is 2.23. The number of rotatable bonds is 13. The number of hydrogen-bond acceptors (Lipinski definition) is 8. The Bertz CT molecular complexity index is 331. The summed E-state index contributed by atoms with van der Waals surface area (Å²) in [5, 5.41) is 37.9. The van der Waals surface area contributed by atoms with Gasteiger partial charge in [-0.3, -0.25) is 19.2 Å².